The van der Waals surface area contributed by atoms with Crippen molar-refractivity contribution in [2.75, 3.05) is 6.61 Å². The number of esters is 1. The van der Waals surface area contributed by atoms with Crippen molar-refractivity contribution in [3.8, 4) is 16.2 Å². The highest BCUT2D eigenvalue weighted by Crippen LogP contribution is 2.31. The topological polar surface area (TPSA) is 52.6 Å². The predicted molar refractivity (Wildman–Crippen MR) is 102 cm³/mol. The van der Waals surface area contributed by atoms with Crippen molar-refractivity contribution in [2.24, 2.45) is 0 Å². The molecule has 2 aromatic carbocycles. The Hall–Kier alpha value is -2.92. The lowest BCUT2D eigenvalue weighted by Crippen LogP contribution is -2.06. The Bertz CT molecular complexity index is 899. The van der Waals surface area contributed by atoms with E-state index in [2.05, 4.69) is 0 Å². The molecule has 3 rings (SSSR count). The number of benzene rings is 2. The summed E-state index contributed by atoms with van der Waals surface area (Å²) in [6, 6.07) is 18.4. The van der Waals surface area contributed by atoms with Crippen LogP contribution >= 0.6 is 11.3 Å². The Morgan fingerprint density at radius 3 is 2.58 bits per heavy atom. The van der Waals surface area contributed by atoms with Crippen LogP contribution in [0.1, 0.15) is 32.5 Å². The van der Waals surface area contributed by atoms with E-state index in [0.29, 0.717) is 22.8 Å². The largest absolute Gasteiger partial charge is 0.494 e. The van der Waals surface area contributed by atoms with Crippen LogP contribution in [0.3, 0.4) is 0 Å². The quantitative estimate of drug-likeness (QED) is 0.437. The summed E-state index contributed by atoms with van der Waals surface area (Å²) < 4.78 is 11.0. The van der Waals surface area contributed by atoms with Crippen LogP contribution in [0.2, 0.25) is 0 Å². The van der Waals surface area contributed by atoms with E-state index in [1.807, 2.05) is 49.4 Å². The van der Waals surface area contributed by atoms with Gasteiger partial charge in [0.1, 0.15) is 12.4 Å². The van der Waals surface area contributed by atoms with Crippen LogP contribution < -0.4 is 4.74 Å². The van der Waals surface area contributed by atoms with Gasteiger partial charge in [-0.2, -0.15) is 0 Å². The van der Waals surface area contributed by atoms with E-state index in [1.54, 1.807) is 18.2 Å². The number of carbonyl (C=O) groups is 2. The molecular formula is C21H18O4S. The lowest BCUT2D eigenvalue weighted by molar-refractivity contribution is 0.0472. The van der Waals surface area contributed by atoms with Crippen LogP contribution in [0.25, 0.3) is 10.4 Å². The van der Waals surface area contributed by atoms with Gasteiger partial charge in [-0.05, 0) is 48.4 Å². The standard InChI is InChI=1S/C21H18O4S/c1-2-24-18-11-16(20-9-8-19(13-22)26-20)10-17(12-18)21(23)25-14-15-6-4-3-5-7-15/h3-13H,2,14H2,1H3. The highest BCUT2D eigenvalue weighted by Gasteiger charge is 2.13. The molecule has 0 atom stereocenters. The van der Waals surface area contributed by atoms with Gasteiger partial charge < -0.3 is 9.47 Å². The van der Waals surface area contributed by atoms with Gasteiger partial charge in [0.25, 0.3) is 0 Å². The number of hydrogen-bond donors (Lipinski definition) is 0. The molecule has 1 aromatic heterocycles. The maximum Gasteiger partial charge on any atom is 0.338 e. The first-order valence-corrected chi connectivity index (χ1v) is 9.05. The molecule has 4 nitrogen and oxygen atoms in total. The lowest BCUT2D eigenvalue weighted by Gasteiger charge is -2.10. The van der Waals surface area contributed by atoms with Crippen molar-refractivity contribution in [1.82, 2.24) is 0 Å². The van der Waals surface area contributed by atoms with E-state index in [4.69, 9.17) is 9.47 Å². The fourth-order valence-electron chi connectivity index (χ4n) is 2.49. The molecule has 0 radical (unpaired) electrons. The molecule has 3 aromatic rings. The van der Waals surface area contributed by atoms with Gasteiger partial charge in [0.2, 0.25) is 0 Å². The summed E-state index contributed by atoms with van der Waals surface area (Å²) in [6.07, 6.45) is 0.815. The molecule has 0 spiro atoms. The number of rotatable bonds is 7. The van der Waals surface area contributed by atoms with E-state index in [0.717, 1.165) is 22.3 Å². The Kier molecular flexibility index (Phi) is 5.81. The molecular weight excluding hydrogens is 348 g/mol. The van der Waals surface area contributed by atoms with E-state index in [-0.39, 0.29) is 6.61 Å². The van der Waals surface area contributed by atoms with Gasteiger partial charge in [0.15, 0.2) is 6.29 Å². The molecule has 0 N–H and O–H groups in total. The third kappa shape index (κ3) is 4.37. The molecule has 26 heavy (non-hydrogen) atoms. The molecule has 0 amide bonds. The Morgan fingerprint density at radius 2 is 1.88 bits per heavy atom. The average molecular weight is 366 g/mol. The van der Waals surface area contributed by atoms with Crippen LogP contribution in [-0.2, 0) is 11.3 Å². The van der Waals surface area contributed by atoms with Gasteiger partial charge in [-0.25, -0.2) is 4.79 Å². The molecule has 0 saturated heterocycles. The molecule has 0 aliphatic carbocycles. The molecule has 0 saturated carbocycles. The summed E-state index contributed by atoms with van der Waals surface area (Å²) in [5, 5.41) is 0. The van der Waals surface area contributed by atoms with Gasteiger partial charge in [-0.3, -0.25) is 4.79 Å². The second-order valence-electron chi connectivity index (χ2n) is 5.56. The third-order valence-corrected chi connectivity index (χ3v) is 4.75. The number of ether oxygens (including phenoxy) is 2. The number of carbonyl (C=O) groups excluding carboxylic acids is 2. The summed E-state index contributed by atoms with van der Waals surface area (Å²) in [6.45, 7) is 2.59. The molecule has 132 valence electrons. The minimum atomic E-state index is -0.413. The molecule has 0 fully saturated rings. The monoisotopic (exact) mass is 366 g/mol. The molecule has 5 heteroatoms. The number of hydrogen-bond acceptors (Lipinski definition) is 5. The molecule has 0 aliphatic heterocycles. The van der Waals surface area contributed by atoms with E-state index < -0.39 is 5.97 Å². The summed E-state index contributed by atoms with van der Waals surface area (Å²) in [5.74, 6) is 0.182. The highest BCUT2D eigenvalue weighted by molar-refractivity contribution is 7.17. The Balaban J connectivity index is 1.85. The van der Waals surface area contributed by atoms with E-state index >= 15 is 0 Å². The second-order valence-corrected chi connectivity index (χ2v) is 6.68. The summed E-state index contributed by atoms with van der Waals surface area (Å²) in [4.78, 5) is 24.9. The summed E-state index contributed by atoms with van der Waals surface area (Å²) in [7, 11) is 0. The van der Waals surface area contributed by atoms with Crippen molar-refractivity contribution in [2.45, 2.75) is 13.5 Å². The lowest BCUT2D eigenvalue weighted by atomic mass is 10.1. The minimum Gasteiger partial charge on any atom is -0.494 e. The van der Waals surface area contributed by atoms with E-state index in [1.165, 1.54) is 11.3 Å². The van der Waals surface area contributed by atoms with Crippen LogP contribution in [0, 0.1) is 0 Å². The predicted octanol–water partition coefficient (Wildman–Crippen LogP) is 4.98. The number of thiophene rings is 1. The fraction of sp³-hybridized carbons (Fsp3) is 0.143. The maximum absolute atomic E-state index is 12.5. The Labute approximate surface area is 156 Å². The first-order valence-electron chi connectivity index (χ1n) is 8.24. The second kappa shape index (κ2) is 8.45. The maximum atomic E-state index is 12.5. The van der Waals surface area contributed by atoms with Gasteiger partial charge in [-0.15, -0.1) is 11.3 Å². The average Bonchev–Trinajstić information content (AvgIpc) is 3.16. The highest BCUT2D eigenvalue weighted by atomic mass is 32.1. The van der Waals surface area contributed by atoms with Crippen molar-refractivity contribution >= 4 is 23.6 Å². The number of aldehydes is 1. The van der Waals surface area contributed by atoms with Crippen molar-refractivity contribution in [1.29, 1.82) is 0 Å². The SMILES string of the molecule is CCOc1cc(C(=O)OCc2ccccc2)cc(-c2ccc(C=O)s2)c1. The smallest absolute Gasteiger partial charge is 0.338 e. The van der Waals surface area contributed by atoms with Crippen LogP contribution in [-0.4, -0.2) is 18.9 Å². The normalized spacial score (nSPS) is 10.3. The van der Waals surface area contributed by atoms with Crippen molar-refractivity contribution < 1.29 is 19.1 Å². The third-order valence-electron chi connectivity index (χ3n) is 3.69. The Morgan fingerprint density at radius 1 is 1.08 bits per heavy atom. The van der Waals surface area contributed by atoms with Crippen LogP contribution in [0.15, 0.2) is 60.7 Å². The summed E-state index contributed by atoms with van der Waals surface area (Å²) in [5.41, 5.74) is 2.17. The first-order chi connectivity index (χ1) is 12.7. The molecule has 0 unspecified atom stereocenters. The zero-order valence-corrected chi connectivity index (χ0v) is 15.1. The van der Waals surface area contributed by atoms with Gasteiger partial charge in [0, 0.05) is 4.88 Å². The zero-order chi connectivity index (χ0) is 18.4. The van der Waals surface area contributed by atoms with Crippen molar-refractivity contribution in [3.05, 3.63) is 76.7 Å². The molecule has 0 aliphatic rings. The van der Waals surface area contributed by atoms with Gasteiger partial charge >= 0.3 is 5.97 Å². The molecule has 1 heterocycles. The van der Waals surface area contributed by atoms with Gasteiger partial charge in [-0.1, -0.05) is 30.3 Å². The van der Waals surface area contributed by atoms with Crippen LogP contribution in [0.4, 0.5) is 0 Å². The van der Waals surface area contributed by atoms with Gasteiger partial charge in [0.05, 0.1) is 17.0 Å². The summed E-state index contributed by atoms with van der Waals surface area (Å²) >= 11 is 1.37. The fourth-order valence-corrected chi connectivity index (χ4v) is 3.30. The molecule has 0 bridgehead atoms. The van der Waals surface area contributed by atoms with E-state index in [9.17, 15) is 9.59 Å². The zero-order valence-electron chi connectivity index (χ0n) is 14.3. The van der Waals surface area contributed by atoms with Crippen molar-refractivity contribution in [3.63, 3.8) is 0 Å². The minimum absolute atomic E-state index is 0.210. The van der Waals surface area contributed by atoms with Crippen LogP contribution in [0.5, 0.6) is 5.75 Å². The first kappa shape index (κ1) is 17.9.